The van der Waals surface area contributed by atoms with E-state index >= 15 is 0 Å². The van der Waals surface area contributed by atoms with Gasteiger partial charge >= 0.3 is 0 Å². The highest BCUT2D eigenvalue weighted by Crippen LogP contribution is 2.32. The minimum Gasteiger partial charge on any atom is -0.385 e. The first kappa shape index (κ1) is 15.3. The van der Waals surface area contributed by atoms with Crippen molar-refractivity contribution in [1.29, 1.82) is 0 Å². The van der Waals surface area contributed by atoms with Gasteiger partial charge in [0.1, 0.15) is 16.9 Å². The van der Waals surface area contributed by atoms with Gasteiger partial charge in [-0.25, -0.2) is 9.97 Å². The Morgan fingerprint density at radius 1 is 1.35 bits per heavy atom. The Balaban J connectivity index is 1.33. The predicted octanol–water partition coefficient (Wildman–Crippen LogP) is 2.31. The molecule has 23 heavy (non-hydrogen) atoms. The van der Waals surface area contributed by atoms with Crippen molar-refractivity contribution in [3.63, 3.8) is 0 Å². The van der Waals surface area contributed by atoms with E-state index in [4.69, 9.17) is 4.98 Å². The summed E-state index contributed by atoms with van der Waals surface area (Å²) in [5, 5.41) is 11.8. The van der Waals surface area contributed by atoms with Crippen LogP contribution in [0.4, 0.5) is 0 Å². The van der Waals surface area contributed by atoms with E-state index in [2.05, 4.69) is 9.88 Å². The number of fused-ring (bicyclic) bond motifs is 1. The summed E-state index contributed by atoms with van der Waals surface area (Å²) < 4.78 is 1.92. The lowest BCUT2D eigenvalue weighted by Crippen LogP contribution is -2.35. The molecule has 0 bridgehead atoms. The molecule has 0 amide bonds. The summed E-state index contributed by atoms with van der Waals surface area (Å²) >= 11 is 1.91. The Hall–Kier alpha value is -1.24. The maximum Gasteiger partial charge on any atom is 0.137 e. The quantitative estimate of drug-likeness (QED) is 0.933. The summed E-state index contributed by atoms with van der Waals surface area (Å²) in [5.74, 6) is 1.11. The molecule has 3 heterocycles. The second-order valence-corrected chi connectivity index (χ2v) is 7.95. The standard InChI is InChI=1S/C17H24N4OS/c1-20-10-7-18-17(20)16(22)12-5-8-21(9-6-12)11-15-19-13-3-2-4-14(13)23-15/h7,10,12,16,22H,2-6,8-9,11H2,1H3. The number of imidazole rings is 1. The summed E-state index contributed by atoms with van der Waals surface area (Å²) in [7, 11) is 1.95. The van der Waals surface area contributed by atoms with E-state index < -0.39 is 6.10 Å². The predicted molar refractivity (Wildman–Crippen MR) is 90.3 cm³/mol. The average Bonchev–Trinajstić information content (AvgIpc) is 3.23. The van der Waals surface area contributed by atoms with E-state index in [1.54, 1.807) is 6.20 Å². The maximum atomic E-state index is 10.6. The second-order valence-electron chi connectivity index (χ2n) is 6.79. The van der Waals surface area contributed by atoms with Gasteiger partial charge in [-0.15, -0.1) is 11.3 Å². The van der Waals surface area contributed by atoms with Crippen LogP contribution in [0.5, 0.6) is 0 Å². The number of aryl methyl sites for hydroxylation is 3. The summed E-state index contributed by atoms with van der Waals surface area (Å²) in [4.78, 5) is 13.1. The van der Waals surface area contributed by atoms with Crippen LogP contribution in [0, 0.1) is 5.92 Å². The minimum absolute atomic E-state index is 0.314. The Kier molecular flexibility index (Phi) is 4.22. The molecule has 2 aromatic heterocycles. The zero-order valence-corrected chi connectivity index (χ0v) is 14.4. The normalized spacial score (nSPS) is 20.8. The molecule has 1 aliphatic heterocycles. The smallest absolute Gasteiger partial charge is 0.137 e. The van der Waals surface area contributed by atoms with E-state index in [-0.39, 0.29) is 0 Å². The molecule has 5 nitrogen and oxygen atoms in total. The van der Waals surface area contributed by atoms with Crippen molar-refractivity contribution in [3.8, 4) is 0 Å². The van der Waals surface area contributed by atoms with E-state index in [9.17, 15) is 5.11 Å². The number of hydrogen-bond donors (Lipinski definition) is 1. The molecule has 2 aliphatic rings. The van der Waals surface area contributed by atoms with Crippen molar-refractivity contribution >= 4 is 11.3 Å². The van der Waals surface area contributed by atoms with E-state index in [0.29, 0.717) is 5.92 Å². The fourth-order valence-corrected chi connectivity index (χ4v) is 5.00. The zero-order chi connectivity index (χ0) is 15.8. The number of piperidine rings is 1. The van der Waals surface area contributed by atoms with Crippen LogP contribution in [0.3, 0.4) is 0 Å². The van der Waals surface area contributed by atoms with Crippen LogP contribution < -0.4 is 0 Å². The van der Waals surface area contributed by atoms with Crippen LogP contribution in [0.15, 0.2) is 12.4 Å². The molecule has 0 aromatic carbocycles. The highest BCUT2D eigenvalue weighted by atomic mass is 32.1. The molecule has 4 rings (SSSR count). The maximum absolute atomic E-state index is 10.6. The molecule has 1 saturated heterocycles. The summed E-state index contributed by atoms with van der Waals surface area (Å²) in [6, 6.07) is 0. The number of hydrogen-bond acceptors (Lipinski definition) is 5. The molecule has 1 fully saturated rings. The molecular weight excluding hydrogens is 308 g/mol. The SMILES string of the molecule is Cn1ccnc1C(O)C1CCN(Cc2nc3c(s2)CCC3)CC1. The van der Waals surface area contributed by atoms with Crippen molar-refractivity contribution in [3.05, 3.63) is 33.8 Å². The van der Waals surface area contributed by atoms with Crippen LogP contribution in [0.2, 0.25) is 0 Å². The number of nitrogens with zero attached hydrogens (tertiary/aromatic N) is 4. The van der Waals surface area contributed by atoms with E-state index in [1.807, 2.05) is 29.1 Å². The molecule has 1 aliphatic carbocycles. The lowest BCUT2D eigenvalue weighted by atomic mass is 9.91. The Morgan fingerprint density at radius 3 is 2.87 bits per heavy atom. The molecule has 124 valence electrons. The number of thiazole rings is 1. The van der Waals surface area contributed by atoms with Crippen molar-refractivity contribution in [1.82, 2.24) is 19.4 Å². The molecule has 1 N–H and O–H groups in total. The van der Waals surface area contributed by atoms with Crippen molar-refractivity contribution in [2.24, 2.45) is 13.0 Å². The van der Waals surface area contributed by atoms with Gasteiger partial charge in [-0.1, -0.05) is 0 Å². The summed E-state index contributed by atoms with van der Waals surface area (Å²) in [6.45, 7) is 3.05. The highest BCUT2D eigenvalue weighted by molar-refractivity contribution is 7.11. The number of aliphatic hydroxyl groups is 1. The van der Waals surface area contributed by atoms with Gasteiger partial charge in [0.2, 0.25) is 0 Å². The Labute approximate surface area is 141 Å². The first-order valence-corrected chi connectivity index (χ1v) is 9.37. The number of aliphatic hydroxyl groups excluding tert-OH is 1. The molecule has 1 atom stereocenters. The van der Waals surface area contributed by atoms with Crippen LogP contribution in [-0.4, -0.2) is 37.6 Å². The fraction of sp³-hybridized carbons (Fsp3) is 0.647. The topological polar surface area (TPSA) is 54.2 Å². The van der Waals surface area contributed by atoms with Crippen LogP contribution in [0.25, 0.3) is 0 Å². The van der Waals surface area contributed by atoms with E-state index in [0.717, 1.165) is 38.3 Å². The van der Waals surface area contributed by atoms with Crippen molar-refractivity contribution in [2.45, 2.75) is 44.8 Å². The molecular formula is C17H24N4OS. The zero-order valence-electron chi connectivity index (χ0n) is 13.6. The van der Waals surface area contributed by atoms with Crippen molar-refractivity contribution < 1.29 is 5.11 Å². The van der Waals surface area contributed by atoms with Gasteiger partial charge in [0.15, 0.2) is 0 Å². The lowest BCUT2D eigenvalue weighted by Gasteiger charge is -2.33. The first-order chi connectivity index (χ1) is 11.2. The monoisotopic (exact) mass is 332 g/mol. The number of rotatable bonds is 4. The third-order valence-electron chi connectivity index (χ3n) is 5.20. The minimum atomic E-state index is -0.444. The third kappa shape index (κ3) is 3.07. The summed E-state index contributed by atoms with van der Waals surface area (Å²) in [5.41, 5.74) is 1.35. The van der Waals surface area contributed by atoms with Crippen LogP contribution >= 0.6 is 11.3 Å². The average molecular weight is 332 g/mol. The third-order valence-corrected chi connectivity index (χ3v) is 6.34. The van der Waals surface area contributed by atoms with E-state index in [1.165, 1.54) is 34.8 Å². The van der Waals surface area contributed by atoms with Crippen molar-refractivity contribution in [2.75, 3.05) is 13.1 Å². The molecule has 1 unspecified atom stereocenters. The second kappa shape index (κ2) is 6.34. The van der Waals surface area contributed by atoms with Gasteiger partial charge in [0.05, 0.1) is 12.2 Å². The molecule has 6 heteroatoms. The number of likely N-dealkylation sites (tertiary alicyclic amines) is 1. The molecule has 2 aromatic rings. The fourth-order valence-electron chi connectivity index (χ4n) is 3.80. The first-order valence-electron chi connectivity index (χ1n) is 8.56. The van der Waals surface area contributed by atoms with Gasteiger partial charge in [-0.05, 0) is 51.1 Å². The summed E-state index contributed by atoms with van der Waals surface area (Å²) in [6.07, 6.45) is 8.95. The number of aromatic nitrogens is 3. The Morgan fingerprint density at radius 2 is 2.17 bits per heavy atom. The largest absolute Gasteiger partial charge is 0.385 e. The highest BCUT2D eigenvalue weighted by Gasteiger charge is 2.29. The van der Waals surface area contributed by atoms with Gasteiger partial charge in [0, 0.05) is 24.3 Å². The molecule has 0 radical (unpaired) electrons. The van der Waals surface area contributed by atoms with Crippen LogP contribution in [-0.2, 0) is 26.4 Å². The Bertz CT molecular complexity index is 650. The van der Waals surface area contributed by atoms with Gasteiger partial charge < -0.3 is 9.67 Å². The van der Waals surface area contributed by atoms with Gasteiger partial charge in [-0.3, -0.25) is 4.90 Å². The van der Waals surface area contributed by atoms with Crippen LogP contribution in [0.1, 0.15) is 46.8 Å². The molecule has 0 spiro atoms. The molecule has 0 saturated carbocycles. The van der Waals surface area contributed by atoms with Gasteiger partial charge in [-0.2, -0.15) is 0 Å². The lowest BCUT2D eigenvalue weighted by molar-refractivity contribution is 0.0492. The van der Waals surface area contributed by atoms with Gasteiger partial charge in [0.25, 0.3) is 0 Å².